The van der Waals surface area contributed by atoms with Crippen molar-refractivity contribution in [1.82, 2.24) is 5.43 Å². The molecule has 2 aromatic carbocycles. The number of sulfonamides is 1. The summed E-state index contributed by atoms with van der Waals surface area (Å²) >= 11 is 0. The second-order valence-electron chi connectivity index (χ2n) is 5.45. The summed E-state index contributed by atoms with van der Waals surface area (Å²) in [5.74, 6) is -0.965. The Bertz CT molecular complexity index is 863. The van der Waals surface area contributed by atoms with E-state index in [9.17, 15) is 17.6 Å². The van der Waals surface area contributed by atoms with Gasteiger partial charge >= 0.3 is 0 Å². The van der Waals surface area contributed by atoms with Crippen LogP contribution in [0.4, 0.5) is 10.1 Å². The average Bonchev–Trinajstić information content (AvgIpc) is 2.54. The molecule has 0 fully saturated rings. The normalized spacial score (nSPS) is 11.5. The predicted molar refractivity (Wildman–Crippen MR) is 95.5 cm³/mol. The number of carbonyl (C=O) groups excluding carboxylic acids is 1. The van der Waals surface area contributed by atoms with Gasteiger partial charge < -0.3 is 0 Å². The molecule has 2 rings (SSSR count). The second kappa shape index (κ2) is 7.89. The third-order valence-corrected chi connectivity index (χ3v) is 4.42. The fourth-order valence-corrected chi connectivity index (χ4v) is 2.86. The Morgan fingerprint density at radius 1 is 1.16 bits per heavy atom. The van der Waals surface area contributed by atoms with Crippen LogP contribution in [-0.2, 0) is 14.8 Å². The van der Waals surface area contributed by atoms with Gasteiger partial charge in [0.15, 0.2) is 0 Å². The standard InChI is InChI=1S/C17H18FN3O3S/c1-13-3-9-16(10-4-13)21(25(2,23)24)12-17(22)20-19-11-14-5-7-15(18)8-6-14/h3-11H,12H2,1-2H3,(H,20,22)/b19-11-. The summed E-state index contributed by atoms with van der Waals surface area (Å²) in [6, 6.07) is 12.3. The molecule has 6 nitrogen and oxygen atoms in total. The number of rotatable bonds is 6. The zero-order chi connectivity index (χ0) is 18.4. The van der Waals surface area contributed by atoms with E-state index >= 15 is 0 Å². The van der Waals surface area contributed by atoms with Crippen LogP contribution in [0.1, 0.15) is 11.1 Å². The zero-order valence-electron chi connectivity index (χ0n) is 13.8. The molecule has 0 saturated heterocycles. The number of benzene rings is 2. The smallest absolute Gasteiger partial charge is 0.260 e. The summed E-state index contributed by atoms with van der Waals surface area (Å²) in [4.78, 5) is 12.0. The topological polar surface area (TPSA) is 78.8 Å². The quantitative estimate of drug-likeness (QED) is 0.630. The van der Waals surface area contributed by atoms with Crippen LogP contribution in [0.2, 0.25) is 0 Å². The third kappa shape index (κ3) is 5.68. The number of halogens is 1. The van der Waals surface area contributed by atoms with Gasteiger partial charge in [0.05, 0.1) is 18.2 Å². The molecule has 132 valence electrons. The van der Waals surface area contributed by atoms with Crippen molar-refractivity contribution in [1.29, 1.82) is 0 Å². The lowest BCUT2D eigenvalue weighted by molar-refractivity contribution is -0.119. The number of hydrogen-bond acceptors (Lipinski definition) is 4. The lowest BCUT2D eigenvalue weighted by Crippen LogP contribution is -2.39. The van der Waals surface area contributed by atoms with Gasteiger partial charge in [-0.25, -0.2) is 18.2 Å². The van der Waals surface area contributed by atoms with E-state index in [0.717, 1.165) is 16.1 Å². The Hall–Kier alpha value is -2.74. The lowest BCUT2D eigenvalue weighted by Gasteiger charge is -2.21. The molecule has 0 saturated carbocycles. The Labute approximate surface area is 146 Å². The van der Waals surface area contributed by atoms with Gasteiger partial charge in [0, 0.05) is 0 Å². The summed E-state index contributed by atoms with van der Waals surface area (Å²) in [6.07, 6.45) is 2.37. The number of nitrogens with zero attached hydrogens (tertiary/aromatic N) is 2. The highest BCUT2D eigenvalue weighted by atomic mass is 32.2. The second-order valence-corrected chi connectivity index (χ2v) is 7.36. The lowest BCUT2D eigenvalue weighted by atomic mass is 10.2. The third-order valence-electron chi connectivity index (χ3n) is 3.28. The van der Waals surface area contributed by atoms with E-state index in [-0.39, 0.29) is 5.82 Å². The maximum absolute atomic E-state index is 12.8. The van der Waals surface area contributed by atoms with Gasteiger partial charge in [-0.15, -0.1) is 0 Å². The van der Waals surface area contributed by atoms with Gasteiger partial charge in [0.25, 0.3) is 5.91 Å². The van der Waals surface area contributed by atoms with Crippen LogP contribution in [0, 0.1) is 12.7 Å². The van der Waals surface area contributed by atoms with Gasteiger partial charge in [-0.2, -0.15) is 5.10 Å². The highest BCUT2D eigenvalue weighted by molar-refractivity contribution is 7.92. The Morgan fingerprint density at radius 3 is 2.32 bits per heavy atom. The molecule has 0 radical (unpaired) electrons. The van der Waals surface area contributed by atoms with Crippen LogP contribution in [0.15, 0.2) is 53.6 Å². The van der Waals surface area contributed by atoms with Gasteiger partial charge in [0.1, 0.15) is 12.4 Å². The van der Waals surface area contributed by atoms with E-state index in [2.05, 4.69) is 10.5 Å². The van der Waals surface area contributed by atoms with Gasteiger partial charge in [-0.1, -0.05) is 29.8 Å². The molecular weight excluding hydrogens is 345 g/mol. The van der Waals surface area contributed by atoms with Crippen molar-refractivity contribution in [2.24, 2.45) is 5.10 Å². The first-order chi connectivity index (χ1) is 11.8. The number of amides is 1. The SMILES string of the molecule is Cc1ccc(N(CC(=O)N/N=C\c2ccc(F)cc2)S(C)(=O)=O)cc1. The van der Waals surface area contributed by atoms with Gasteiger partial charge in [-0.3, -0.25) is 9.10 Å². The van der Waals surface area contributed by atoms with E-state index < -0.39 is 22.5 Å². The van der Waals surface area contributed by atoms with Crippen molar-refractivity contribution in [2.75, 3.05) is 17.1 Å². The van der Waals surface area contributed by atoms with E-state index in [0.29, 0.717) is 11.3 Å². The molecule has 25 heavy (non-hydrogen) atoms. The number of nitrogens with one attached hydrogen (secondary N) is 1. The molecule has 0 atom stereocenters. The first kappa shape index (κ1) is 18.6. The first-order valence-corrected chi connectivity index (χ1v) is 9.22. The molecule has 8 heteroatoms. The summed E-state index contributed by atoms with van der Waals surface area (Å²) in [5.41, 5.74) is 4.23. The van der Waals surface area contributed by atoms with E-state index in [1.807, 2.05) is 6.92 Å². The largest absolute Gasteiger partial charge is 0.271 e. The molecule has 0 aromatic heterocycles. The summed E-state index contributed by atoms with van der Waals surface area (Å²) in [5, 5.41) is 3.75. The summed E-state index contributed by atoms with van der Waals surface area (Å²) in [6.45, 7) is 1.48. The molecule has 0 heterocycles. The summed E-state index contributed by atoms with van der Waals surface area (Å²) in [7, 11) is -3.63. The number of aryl methyl sites for hydroxylation is 1. The van der Waals surface area contributed by atoms with E-state index in [4.69, 9.17) is 0 Å². The Kier molecular flexibility index (Phi) is 5.87. The average molecular weight is 363 g/mol. The minimum Gasteiger partial charge on any atom is -0.271 e. The Balaban J connectivity index is 2.04. The molecule has 0 aliphatic rings. The minimum atomic E-state index is -3.63. The first-order valence-electron chi connectivity index (χ1n) is 7.37. The fourth-order valence-electron chi connectivity index (χ4n) is 2.00. The molecule has 2 aromatic rings. The van der Waals surface area contributed by atoms with Gasteiger partial charge in [-0.05, 0) is 36.8 Å². The van der Waals surface area contributed by atoms with Crippen molar-refractivity contribution in [3.63, 3.8) is 0 Å². The Morgan fingerprint density at radius 2 is 1.76 bits per heavy atom. The number of hydrogen-bond donors (Lipinski definition) is 1. The number of carbonyl (C=O) groups is 1. The summed E-state index contributed by atoms with van der Waals surface area (Å²) < 4.78 is 37.7. The minimum absolute atomic E-state index is 0.372. The fraction of sp³-hybridized carbons (Fsp3) is 0.176. The highest BCUT2D eigenvalue weighted by Crippen LogP contribution is 2.17. The van der Waals surface area contributed by atoms with Crippen molar-refractivity contribution in [2.45, 2.75) is 6.92 Å². The molecule has 0 bridgehead atoms. The van der Waals surface area contributed by atoms with Gasteiger partial charge in [0.2, 0.25) is 10.0 Å². The molecule has 1 N–H and O–H groups in total. The highest BCUT2D eigenvalue weighted by Gasteiger charge is 2.20. The molecule has 0 aliphatic heterocycles. The van der Waals surface area contributed by atoms with Crippen molar-refractivity contribution in [3.8, 4) is 0 Å². The van der Waals surface area contributed by atoms with Crippen LogP contribution < -0.4 is 9.73 Å². The maximum atomic E-state index is 12.8. The van der Waals surface area contributed by atoms with Crippen LogP contribution in [0.5, 0.6) is 0 Å². The van der Waals surface area contributed by atoms with E-state index in [1.165, 1.54) is 30.5 Å². The number of anilines is 1. The van der Waals surface area contributed by atoms with Crippen LogP contribution >= 0.6 is 0 Å². The van der Waals surface area contributed by atoms with Crippen LogP contribution in [0.25, 0.3) is 0 Å². The molecule has 1 amide bonds. The van der Waals surface area contributed by atoms with E-state index in [1.54, 1.807) is 24.3 Å². The molecular formula is C17H18FN3O3S. The predicted octanol–water partition coefficient (Wildman–Crippen LogP) is 2.05. The zero-order valence-corrected chi connectivity index (χ0v) is 14.6. The molecule has 0 unspecified atom stereocenters. The van der Waals surface area contributed by atoms with Crippen LogP contribution in [-0.4, -0.2) is 33.3 Å². The molecule has 0 aliphatic carbocycles. The van der Waals surface area contributed by atoms with Crippen molar-refractivity contribution < 1.29 is 17.6 Å². The monoisotopic (exact) mass is 363 g/mol. The number of hydrazone groups is 1. The van der Waals surface area contributed by atoms with Crippen molar-refractivity contribution >= 4 is 27.8 Å². The maximum Gasteiger partial charge on any atom is 0.260 e. The van der Waals surface area contributed by atoms with Crippen molar-refractivity contribution in [3.05, 3.63) is 65.5 Å². The molecule has 0 spiro atoms. The van der Waals surface area contributed by atoms with Crippen LogP contribution in [0.3, 0.4) is 0 Å².